The molecule has 0 radical (unpaired) electrons. The molecule has 0 bridgehead atoms. The maximum atomic E-state index is 14.5. The number of hydrogen-bond acceptors (Lipinski definition) is 4. The Bertz CT molecular complexity index is 2890. The van der Waals surface area contributed by atoms with Gasteiger partial charge >= 0.3 is 0 Å². The van der Waals surface area contributed by atoms with Crippen molar-refractivity contribution >= 4 is 22.8 Å². The topological polar surface area (TPSA) is 98.0 Å². The van der Waals surface area contributed by atoms with E-state index >= 15 is 0 Å². The highest BCUT2D eigenvalue weighted by atomic mass is 16.2. The fraction of sp³-hybridized carbons (Fsp3) is 0.164. The summed E-state index contributed by atoms with van der Waals surface area (Å²) in [7, 11) is 0. The maximum absolute atomic E-state index is 14.5. The van der Waals surface area contributed by atoms with Crippen molar-refractivity contribution in [2.75, 3.05) is 13.1 Å². The molecule has 0 saturated carbocycles. The van der Waals surface area contributed by atoms with Crippen LogP contribution in [0.2, 0.25) is 0 Å². The second-order valence-electron chi connectivity index (χ2n) is 16.5. The summed E-state index contributed by atoms with van der Waals surface area (Å²) in [5.74, 6) is 7.52. The summed E-state index contributed by atoms with van der Waals surface area (Å²) in [4.78, 5) is 49.6. The number of fused-ring (bicyclic) bond motifs is 1. The van der Waals surface area contributed by atoms with Gasteiger partial charge in [0.15, 0.2) is 0 Å². The molecular formula is C55H46N6O2. The van der Waals surface area contributed by atoms with E-state index in [4.69, 9.17) is 9.97 Å². The highest BCUT2D eigenvalue weighted by Crippen LogP contribution is 2.39. The van der Waals surface area contributed by atoms with Gasteiger partial charge in [-0.05, 0) is 77.4 Å². The lowest BCUT2D eigenvalue weighted by Gasteiger charge is -2.28. The van der Waals surface area contributed by atoms with Gasteiger partial charge in [0, 0.05) is 24.2 Å². The summed E-state index contributed by atoms with van der Waals surface area (Å²) in [6.45, 7) is 5.47. The number of aromatic amines is 2. The third-order valence-electron chi connectivity index (χ3n) is 12.4. The molecule has 6 aromatic carbocycles. The SMILES string of the molecule is C=C1C[C@@H](c2nc3ccc(C#Cc4ccc(-c5cnc([C@@H]6CCCN6C(=O)C(c6ccccc6)c6ccccc6)[nH]5)cc4)cc3[nH]2)N(C(=O)C(c2ccccc2)c2ccccc2)C1. The number of rotatable bonds is 9. The molecule has 2 atom stereocenters. The standard InChI is InChI=1S/C55H46N6O2/c1-37-33-49(61(36-37)55(63)51(43-19-10-4-11-20-43)44-21-12-5-13-22-44)53-57-45-31-28-39(34-46(45)58-53)25-24-38-26-29-40(30-27-38)47-35-56-52(59-47)48-23-14-32-60(48)54(62)50(41-15-6-2-7-16-41)42-17-8-3-9-18-42/h2-13,15-22,26-31,34-35,48-51H,1,14,23,32-33,36H2,(H,56,59)(H,57,58)/t48-,49-/m0/s1. The van der Waals surface area contributed by atoms with Crippen LogP contribution in [0.3, 0.4) is 0 Å². The van der Waals surface area contributed by atoms with Crippen molar-refractivity contribution in [2.45, 2.75) is 43.2 Å². The van der Waals surface area contributed by atoms with Gasteiger partial charge in [0.25, 0.3) is 0 Å². The van der Waals surface area contributed by atoms with E-state index in [1.807, 2.05) is 180 Å². The first-order chi connectivity index (χ1) is 31.0. The Hall–Kier alpha value is -7.76. The second-order valence-corrected chi connectivity index (χ2v) is 16.5. The molecule has 63 heavy (non-hydrogen) atoms. The zero-order valence-electron chi connectivity index (χ0n) is 34.8. The lowest BCUT2D eigenvalue weighted by molar-refractivity contribution is -0.133. The summed E-state index contributed by atoms with van der Waals surface area (Å²) in [5.41, 5.74) is 10.2. The third kappa shape index (κ3) is 8.09. The highest BCUT2D eigenvalue weighted by molar-refractivity contribution is 5.89. The quantitative estimate of drug-likeness (QED) is 0.112. The van der Waals surface area contributed by atoms with Crippen molar-refractivity contribution in [1.29, 1.82) is 0 Å². The van der Waals surface area contributed by atoms with Crippen LogP contribution in [-0.2, 0) is 9.59 Å². The molecule has 2 fully saturated rings. The molecule has 4 heterocycles. The molecule has 8 heteroatoms. The molecule has 2 amide bonds. The van der Waals surface area contributed by atoms with E-state index in [0.29, 0.717) is 19.5 Å². The number of carbonyl (C=O) groups excluding carboxylic acids is 2. The Morgan fingerprint density at radius 2 is 1.16 bits per heavy atom. The van der Waals surface area contributed by atoms with Gasteiger partial charge in [-0.15, -0.1) is 0 Å². The van der Waals surface area contributed by atoms with Gasteiger partial charge in [-0.3, -0.25) is 9.59 Å². The molecule has 2 aromatic heterocycles. The molecule has 8 nitrogen and oxygen atoms in total. The normalized spacial score (nSPS) is 16.2. The van der Waals surface area contributed by atoms with E-state index in [9.17, 15) is 9.59 Å². The number of imidazole rings is 2. The number of H-pyrrole nitrogens is 2. The first-order valence-corrected chi connectivity index (χ1v) is 21.6. The highest BCUT2D eigenvalue weighted by Gasteiger charge is 2.39. The van der Waals surface area contributed by atoms with Crippen LogP contribution in [-0.4, -0.2) is 54.6 Å². The number of amides is 2. The Labute approximate surface area is 367 Å². The lowest BCUT2D eigenvalue weighted by atomic mass is 9.90. The third-order valence-corrected chi connectivity index (χ3v) is 12.4. The van der Waals surface area contributed by atoms with E-state index in [1.165, 1.54) is 0 Å². The van der Waals surface area contributed by atoms with Crippen LogP contribution in [0.25, 0.3) is 22.3 Å². The number of likely N-dealkylation sites (tertiary alicyclic amines) is 2. The van der Waals surface area contributed by atoms with Gasteiger partial charge in [-0.2, -0.15) is 0 Å². The van der Waals surface area contributed by atoms with Crippen LogP contribution in [0.5, 0.6) is 0 Å². The average molecular weight is 823 g/mol. The predicted molar refractivity (Wildman–Crippen MR) is 247 cm³/mol. The molecule has 2 aliphatic heterocycles. The number of nitrogens with one attached hydrogen (secondary N) is 2. The predicted octanol–water partition coefficient (Wildman–Crippen LogP) is 10.5. The molecule has 2 N–H and O–H groups in total. The molecule has 2 aliphatic rings. The Kier molecular flexibility index (Phi) is 10.8. The van der Waals surface area contributed by atoms with E-state index in [1.54, 1.807) is 0 Å². The Morgan fingerprint density at radius 1 is 0.619 bits per heavy atom. The summed E-state index contributed by atoms with van der Waals surface area (Å²) in [6, 6.07) is 53.8. The van der Waals surface area contributed by atoms with Crippen LogP contribution in [0, 0.1) is 11.8 Å². The monoisotopic (exact) mass is 822 g/mol. The Morgan fingerprint density at radius 3 is 1.75 bits per heavy atom. The fourth-order valence-corrected chi connectivity index (χ4v) is 9.25. The van der Waals surface area contributed by atoms with Gasteiger partial charge in [-0.25, -0.2) is 9.97 Å². The van der Waals surface area contributed by atoms with E-state index in [0.717, 1.165) is 85.7 Å². The molecule has 8 aromatic rings. The van der Waals surface area contributed by atoms with Crippen molar-refractivity contribution in [2.24, 2.45) is 0 Å². The summed E-state index contributed by atoms with van der Waals surface area (Å²) in [5, 5.41) is 0. The van der Waals surface area contributed by atoms with Crippen LogP contribution in [0.15, 0.2) is 182 Å². The zero-order chi connectivity index (χ0) is 42.7. The van der Waals surface area contributed by atoms with Crippen LogP contribution >= 0.6 is 0 Å². The van der Waals surface area contributed by atoms with Gasteiger partial charge in [0.2, 0.25) is 11.8 Å². The van der Waals surface area contributed by atoms with E-state index < -0.39 is 5.92 Å². The molecule has 10 rings (SSSR count). The molecule has 0 aliphatic carbocycles. The minimum Gasteiger partial charge on any atom is -0.340 e. The minimum atomic E-state index is -0.433. The minimum absolute atomic E-state index is 0.0331. The first kappa shape index (κ1) is 39.4. The summed E-state index contributed by atoms with van der Waals surface area (Å²) in [6.07, 6.45) is 4.28. The molecular weight excluding hydrogens is 777 g/mol. The smallest absolute Gasteiger partial charge is 0.235 e. The van der Waals surface area contributed by atoms with Crippen molar-refractivity contribution in [1.82, 2.24) is 29.7 Å². The van der Waals surface area contributed by atoms with E-state index in [-0.39, 0.29) is 29.8 Å². The molecule has 308 valence electrons. The number of carbonyl (C=O) groups is 2. The van der Waals surface area contributed by atoms with Crippen molar-refractivity contribution in [3.05, 3.63) is 227 Å². The Balaban J connectivity index is 0.836. The van der Waals surface area contributed by atoms with Crippen LogP contribution < -0.4 is 0 Å². The maximum Gasteiger partial charge on any atom is 0.235 e. The van der Waals surface area contributed by atoms with Crippen molar-refractivity contribution in [3.8, 4) is 23.1 Å². The number of hydrogen-bond donors (Lipinski definition) is 2. The fourth-order valence-electron chi connectivity index (χ4n) is 9.25. The average Bonchev–Trinajstić information content (AvgIpc) is 4.17. The van der Waals surface area contributed by atoms with Gasteiger partial charge in [0.1, 0.15) is 11.6 Å². The lowest BCUT2D eigenvalue weighted by Crippen LogP contribution is -2.35. The largest absolute Gasteiger partial charge is 0.340 e. The van der Waals surface area contributed by atoms with Crippen LogP contribution in [0.1, 0.15) is 88.2 Å². The number of aromatic nitrogens is 4. The second kappa shape index (κ2) is 17.3. The van der Waals surface area contributed by atoms with Gasteiger partial charge < -0.3 is 19.8 Å². The van der Waals surface area contributed by atoms with Crippen molar-refractivity contribution in [3.63, 3.8) is 0 Å². The van der Waals surface area contributed by atoms with E-state index in [2.05, 4.69) is 28.4 Å². The number of nitrogens with zero attached hydrogens (tertiary/aromatic N) is 4. The van der Waals surface area contributed by atoms with Gasteiger partial charge in [0.05, 0.1) is 46.8 Å². The van der Waals surface area contributed by atoms with Crippen molar-refractivity contribution < 1.29 is 9.59 Å². The van der Waals surface area contributed by atoms with Crippen LogP contribution in [0.4, 0.5) is 0 Å². The molecule has 2 saturated heterocycles. The first-order valence-electron chi connectivity index (χ1n) is 21.6. The summed E-state index contributed by atoms with van der Waals surface area (Å²) >= 11 is 0. The summed E-state index contributed by atoms with van der Waals surface area (Å²) < 4.78 is 0. The zero-order valence-corrected chi connectivity index (χ0v) is 34.8. The molecule has 0 unspecified atom stereocenters. The number of benzene rings is 6. The van der Waals surface area contributed by atoms with Gasteiger partial charge in [-0.1, -0.05) is 157 Å². The molecule has 0 spiro atoms.